The van der Waals surface area contributed by atoms with Crippen molar-refractivity contribution >= 4 is 24.6 Å². The van der Waals surface area contributed by atoms with E-state index >= 15 is 0 Å². The van der Waals surface area contributed by atoms with Crippen LogP contribution in [0.5, 0.6) is 0 Å². The van der Waals surface area contributed by atoms with Crippen molar-refractivity contribution in [3.63, 3.8) is 0 Å². The molecule has 120 valence electrons. The standard InChI is InChI=1S/C19H22NO2P/c1-15-3-7-17(8-4-15)23(18-9-5-16(2)6-10-18)14-12-20-11-13-22-19(20)21/h3-10H,11-14H2,1-2H3. The number of hydrogen-bond donors (Lipinski definition) is 0. The molecule has 4 heteroatoms. The highest BCUT2D eigenvalue weighted by Crippen LogP contribution is 2.33. The van der Waals surface area contributed by atoms with Crippen LogP contribution in [-0.4, -0.2) is 36.9 Å². The highest BCUT2D eigenvalue weighted by Gasteiger charge is 2.23. The number of benzene rings is 2. The molecule has 23 heavy (non-hydrogen) atoms. The van der Waals surface area contributed by atoms with Gasteiger partial charge in [0.05, 0.1) is 6.54 Å². The number of rotatable bonds is 5. The maximum atomic E-state index is 11.7. The zero-order chi connectivity index (χ0) is 16.2. The molecule has 0 saturated carbocycles. The molecule has 1 amide bonds. The van der Waals surface area contributed by atoms with Crippen LogP contribution in [0.2, 0.25) is 0 Å². The lowest BCUT2D eigenvalue weighted by Gasteiger charge is -2.22. The summed E-state index contributed by atoms with van der Waals surface area (Å²) < 4.78 is 5.03. The fourth-order valence-electron chi connectivity index (χ4n) is 2.71. The maximum Gasteiger partial charge on any atom is 0.409 e. The molecule has 2 aromatic rings. The van der Waals surface area contributed by atoms with E-state index in [0.717, 1.165) is 12.7 Å². The summed E-state index contributed by atoms with van der Waals surface area (Å²) in [5, 5.41) is 2.73. The molecule has 1 fully saturated rings. The Labute approximate surface area is 139 Å². The van der Waals surface area contributed by atoms with Gasteiger partial charge in [0.25, 0.3) is 0 Å². The van der Waals surface area contributed by atoms with Crippen LogP contribution < -0.4 is 10.6 Å². The van der Waals surface area contributed by atoms with E-state index in [0.29, 0.717) is 13.2 Å². The molecule has 3 rings (SSSR count). The largest absolute Gasteiger partial charge is 0.448 e. The van der Waals surface area contributed by atoms with E-state index < -0.39 is 7.92 Å². The third kappa shape index (κ3) is 3.92. The zero-order valence-electron chi connectivity index (χ0n) is 13.7. The van der Waals surface area contributed by atoms with Gasteiger partial charge in [0, 0.05) is 6.54 Å². The van der Waals surface area contributed by atoms with Crippen molar-refractivity contribution in [2.45, 2.75) is 13.8 Å². The second-order valence-electron chi connectivity index (χ2n) is 5.92. The number of amides is 1. The lowest BCUT2D eigenvalue weighted by atomic mass is 10.2. The summed E-state index contributed by atoms with van der Waals surface area (Å²) in [4.78, 5) is 13.5. The molecule has 1 aliphatic rings. The van der Waals surface area contributed by atoms with Crippen molar-refractivity contribution < 1.29 is 9.53 Å². The van der Waals surface area contributed by atoms with Gasteiger partial charge in [0.1, 0.15) is 6.61 Å². The molecule has 1 aliphatic heterocycles. The first-order valence-corrected chi connectivity index (χ1v) is 9.49. The highest BCUT2D eigenvalue weighted by molar-refractivity contribution is 7.73. The Hall–Kier alpha value is -1.86. The second kappa shape index (κ2) is 7.14. The van der Waals surface area contributed by atoms with Crippen molar-refractivity contribution in [3.05, 3.63) is 59.7 Å². The number of carbonyl (C=O) groups is 1. The lowest BCUT2D eigenvalue weighted by molar-refractivity contribution is 0.160. The van der Waals surface area contributed by atoms with Gasteiger partial charge >= 0.3 is 6.09 Å². The Morgan fingerprint density at radius 3 is 1.91 bits per heavy atom. The van der Waals surface area contributed by atoms with Crippen LogP contribution in [0.3, 0.4) is 0 Å². The number of hydrogen-bond acceptors (Lipinski definition) is 2. The number of aryl methyl sites for hydroxylation is 2. The summed E-state index contributed by atoms with van der Waals surface area (Å²) in [6.45, 7) is 6.21. The highest BCUT2D eigenvalue weighted by atomic mass is 31.1. The Morgan fingerprint density at radius 1 is 0.957 bits per heavy atom. The number of cyclic esters (lactones) is 1. The first-order chi connectivity index (χ1) is 11.1. The topological polar surface area (TPSA) is 29.5 Å². The van der Waals surface area contributed by atoms with Gasteiger partial charge in [-0.1, -0.05) is 59.7 Å². The minimum atomic E-state index is -0.460. The molecule has 1 saturated heterocycles. The van der Waals surface area contributed by atoms with Gasteiger partial charge < -0.3 is 9.64 Å². The molecule has 0 aliphatic carbocycles. The summed E-state index contributed by atoms with van der Waals surface area (Å²) in [5.41, 5.74) is 2.55. The van der Waals surface area contributed by atoms with Crippen molar-refractivity contribution in [2.24, 2.45) is 0 Å². The van der Waals surface area contributed by atoms with Crippen LogP contribution in [0.25, 0.3) is 0 Å². The molecule has 0 N–H and O–H groups in total. The van der Waals surface area contributed by atoms with Crippen LogP contribution in [0.15, 0.2) is 48.5 Å². The van der Waals surface area contributed by atoms with E-state index in [1.54, 1.807) is 0 Å². The van der Waals surface area contributed by atoms with Gasteiger partial charge in [-0.25, -0.2) is 4.79 Å². The minimum Gasteiger partial charge on any atom is -0.448 e. The van der Waals surface area contributed by atoms with E-state index in [9.17, 15) is 4.79 Å². The third-order valence-electron chi connectivity index (χ3n) is 4.13. The zero-order valence-corrected chi connectivity index (χ0v) is 14.6. The molecular weight excluding hydrogens is 305 g/mol. The van der Waals surface area contributed by atoms with E-state index in [1.807, 2.05) is 4.90 Å². The molecule has 0 spiro atoms. The van der Waals surface area contributed by atoms with Crippen LogP contribution in [-0.2, 0) is 4.74 Å². The first kappa shape index (κ1) is 16.0. The molecule has 0 atom stereocenters. The van der Waals surface area contributed by atoms with Crippen molar-refractivity contribution in [2.75, 3.05) is 25.9 Å². The van der Waals surface area contributed by atoms with Gasteiger partial charge in [0.2, 0.25) is 0 Å². The summed E-state index contributed by atoms with van der Waals surface area (Å²) in [7, 11) is -0.460. The Kier molecular flexibility index (Phi) is 4.97. The monoisotopic (exact) mass is 327 g/mol. The summed E-state index contributed by atoms with van der Waals surface area (Å²) in [5.74, 6) is 0. The van der Waals surface area contributed by atoms with E-state index in [1.165, 1.54) is 21.7 Å². The number of carbonyl (C=O) groups excluding carboxylic acids is 1. The van der Waals surface area contributed by atoms with E-state index in [-0.39, 0.29) is 6.09 Å². The van der Waals surface area contributed by atoms with Crippen LogP contribution in [0.1, 0.15) is 11.1 Å². The molecule has 0 radical (unpaired) electrons. The number of nitrogens with zero attached hydrogens (tertiary/aromatic N) is 1. The predicted molar refractivity (Wildman–Crippen MR) is 96.3 cm³/mol. The van der Waals surface area contributed by atoms with Crippen LogP contribution in [0, 0.1) is 13.8 Å². The lowest BCUT2D eigenvalue weighted by Crippen LogP contribution is -2.29. The Morgan fingerprint density at radius 2 is 1.48 bits per heavy atom. The normalized spacial score (nSPS) is 14.4. The molecule has 1 heterocycles. The predicted octanol–water partition coefficient (Wildman–Crippen LogP) is 3.19. The number of ether oxygens (including phenoxy) is 1. The average molecular weight is 327 g/mol. The summed E-state index contributed by atoms with van der Waals surface area (Å²) in [6.07, 6.45) is 0.795. The SMILES string of the molecule is Cc1ccc(P(CCN2CCOC2=O)c2ccc(C)cc2)cc1. The van der Waals surface area contributed by atoms with Gasteiger partial charge in [-0.2, -0.15) is 0 Å². The molecule has 0 aromatic heterocycles. The van der Waals surface area contributed by atoms with Gasteiger partial charge in [-0.15, -0.1) is 0 Å². The Balaban J connectivity index is 1.82. The third-order valence-corrected chi connectivity index (χ3v) is 6.62. The van der Waals surface area contributed by atoms with Gasteiger partial charge in [0.15, 0.2) is 0 Å². The molecule has 3 nitrogen and oxygen atoms in total. The molecule has 0 unspecified atom stereocenters. The minimum absolute atomic E-state index is 0.173. The second-order valence-corrected chi connectivity index (χ2v) is 8.26. The smallest absolute Gasteiger partial charge is 0.409 e. The van der Waals surface area contributed by atoms with Crippen LogP contribution >= 0.6 is 7.92 Å². The molecular formula is C19H22NO2P. The van der Waals surface area contributed by atoms with E-state index in [2.05, 4.69) is 62.4 Å². The van der Waals surface area contributed by atoms with E-state index in [4.69, 9.17) is 4.74 Å². The first-order valence-electron chi connectivity index (χ1n) is 7.96. The quantitative estimate of drug-likeness (QED) is 0.790. The average Bonchev–Trinajstić information content (AvgIpc) is 2.96. The Bertz CT molecular complexity index is 621. The van der Waals surface area contributed by atoms with Crippen LogP contribution in [0.4, 0.5) is 4.79 Å². The van der Waals surface area contributed by atoms with Crippen molar-refractivity contribution in [1.82, 2.24) is 4.90 Å². The summed E-state index contributed by atoms with van der Waals surface area (Å²) in [6, 6.07) is 17.6. The maximum absolute atomic E-state index is 11.7. The van der Waals surface area contributed by atoms with Gasteiger partial charge in [-0.3, -0.25) is 0 Å². The summed E-state index contributed by atoms with van der Waals surface area (Å²) >= 11 is 0. The molecule has 0 bridgehead atoms. The van der Waals surface area contributed by atoms with Crippen molar-refractivity contribution in [1.29, 1.82) is 0 Å². The fraction of sp³-hybridized carbons (Fsp3) is 0.316. The fourth-order valence-corrected chi connectivity index (χ4v) is 4.98. The van der Waals surface area contributed by atoms with Crippen molar-refractivity contribution in [3.8, 4) is 0 Å². The molecule has 2 aromatic carbocycles. The van der Waals surface area contributed by atoms with Gasteiger partial charge in [-0.05, 0) is 38.5 Å².